The van der Waals surface area contributed by atoms with Crippen LogP contribution in [0.1, 0.15) is 5.82 Å². The smallest absolute Gasteiger partial charge is 0.270 e. The molecule has 0 atom stereocenters. The molecule has 0 radical (unpaired) electrons. The Bertz CT molecular complexity index is 788. The average molecular weight is 332 g/mol. The Morgan fingerprint density at radius 2 is 2.19 bits per heavy atom. The Balaban J connectivity index is 2.29. The number of nitro benzene ring substituents is 1. The zero-order valence-electron chi connectivity index (χ0n) is 10.7. The van der Waals surface area contributed by atoms with Gasteiger partial charge in [0.05, 0.1) is 16.5 Å². The highest BCUT2D eigenvalue weighted by Gasteiger charge is 2.22. The SMILES string of the molecule is Cn1cnnc1CNS(=O)(=O)c1cc([N+](=O)[O-])ccc1Cl. The second kappa shape index (κ2) is 5.76. The third-order valence-electron chi connectivity index (χ3n) is 2.64. The number of nitrogens with one attached hydrogen (secondary N) is 1. The minimum Gasteiger partial charge on any atom is -0.320 e. The molecule has 0 saturated heterocycles. The van der Waals surface area contributed by atoms with Crippen molar-refractivity contribution >= 4 is 27.3 Å². The van der Waals surface area contributed by atoms with Crippen LogP contribution in [0.3, 0.4) is 0 Å². The van der Waals surface area contributed by atoms with Crippen molar-refractivity contribution in [3.8, 4) is 0 Å². The highest BCUT2D eigenvalue weighted by Crippen LogP contribution is 2.26. The number of hydrogen-bond acceptors (Lipinski definition) is 6. The maximum atomic E-state index is 12.2. The number of hydrogen-bond donors (Lipinski definition) is 1. The van der Waals surface area contributed by atoms with Gasteiger partial charge in [0.2, 0.25) is 10.0 Å². The maximum Gasteiger partial charge on any atom is 0.270 e. The third-order valence-corrected chi connectivity index (χ3v) is 4.52. The molecule has 0 aliphatic rings. The summed E-state index contributed by atoms with van der Waals surface area (Å²) in [5.74, 6) is 0.389. The molecule has 0 aliphatic heterocycles. The Morgan fingerprint density at radius 3 is 2.76 bits per heavy atom. The third kappa shape index (κ3) is 3.35. The van der Waals surface area contributed by atoms with Gasteiger partial charge in [0.15, 0.2) is 0 Å². The Labute approximate surface area is 124 Å². The van der Waals surface area contributed by atoms with Crippen molar-refractivity contribution in [3.05, 3.63) is 45.5 Å². The van der Waals surface area contributed by atoms with Gasteiger partial charge in [-0.1, -0.05) is 11.6 Å². The number of benzene rings is 1. The van der Waals surface area contributed by atoms with Crippen LogP contribution in [0.5, 0.6) is 0 Å². The van der Waals surface area contributed by atoms with Crippen LogP contribution in [0.4, 0.5) is 5.69 Å². The van der Waals surface area contributed by atoms with Crippen LogP contribution in [0.25, 0.3) is 0 Å². The number of sulfonamides is 1. The molecule has 0 unspecified atom stereocenters. The molecule has 2 aromatic rings. The molecule has 112 valence electrons. The molecule has 9 nitrogen and oxygen atoms in total. The Hall–Kier alpha value is -2.04. The van der Waals surface area contributed by atoms with Gasteiger partial charge in [-0.25, -0.2) is 13.1 Å². The fourth-order valence-electron chi connectivity index (χ4n) is 1.52. The van der Waals surface area contributed by atoms with Crippen molar-refractivity contribution in [1.82, 2.24) is 19.5 Å². The quantitative estimate of drug-likeness (QED) is 0.640. The summed E-state index contributed by atoms with van der Waals surface area (Å²) in [7, 11) is -2.35. The predicted molar refractivity (Wildman–Crippen MR) is 73.1 cm³/mol. The first-order valence-corrected chi connectivity index (χ1v) is 7.44. The zero-order chi connectivity index (χ0) is 15.6. The summed E-state index contributed by atoms with van der Waals surface area (Å²) in [5.41, 5.74) is -0.363. The van der Waals surface area contributed by atoms with Gasteiger partial charge in [-0.2, -0.15) is 0 Å². The first-order chi connectivity index (χ1) is 9.81. The number of non-ortho nitro benzene ring substituents is 1. The minimum absolute atomic E-state index is 0.105. The standard InChI is InChI=1S/C10H10ClN5O4S/c1-15-6-12-14-10(15)5-13-21(19,20)9-4-7(16(17)18)2-3-8(9)11/h2-4,6,13H,5H2,1H3. The van der Waals surface area contributed by atoms with Crippen LogP contribution in [0.15, 0.2) is 29.4 Å². The van der Waals surface area contributed by atoms with E-state index in [1.165, 1.54) is 10.9 Å². The molecule has 0 aliphatic carbocycles. The van der Waals surface area contributed by atoms with Crippen LogP contribution < -0.4 is 4.72 Å². The van der Waals surface area contributed by atoms with Gasteiger partial charge in [-0.15, -0.1) is 10.2 Å². The number of nitrogens with zero attached hydrogens (tertiary/aromatic N) is 4. The van der Waals surface area contributed by atoms with Gasteiger partial charge < -0.3 is 4.57 Å². The summed E-state index contributed by atoms with van der Waals surface area (Å²) < 4.78 is 28.1. The van der Waals surface area contributed by atoms with E-state index in [1.54, 1.807) is 7.05 Å². The normalized spacial score (nSPS) is 11.5. The molecule has 11 heteroatoms. The lowest BCUT2D eigenvalue weighted by Crippen LogP contribution is -2.25. The van der Waals surface area contributed by atoms with Gasteiger partial charge in [0.1, 0.15) is 17.0 Å². The fourth-order valence-corrected chi connectivity index (χ4v) is 3.01. The predicted octanol–water partition coefficient (Wildman–Crippen LogP) is 0.855. The second-order valence-electron chi connectivity index (χ2n) is 4.05. The zero-order valence-corrected chi connectivity index (χ0v) is 12.3. The summed E-state index contributed by atoms with van der Waals surface area (Å²) in [6.07, 6.45) is 1.42. The molecule has 0 saturated carbocycles. The van der Waals surface area contributed by atoms with Crippen LogP contribution >= 0.6 is 11.6 Å². The van der Waals surface area contributed by atoms with E-state index < -0.39 is 14.9 Å². The summed E-state index contributed by atoms with van der Waals surface area (Å²) >= 11 is 5.80. The van der Waals surface area contributed by atoms with Crippen LogP contribution in [-0.4, -0.2) is 28.1 Å². The Kier molecular flexibility index (Phi) is 4.21. The lowest BCUT2D eigenvalue weighted by molar-refractivity contribution is -0.385. The molecule has 0 fully saturated rings. The summed E-state index contributed by atoms with van der Waals surface area (Å²) in [4.78, 5) is 9.65. The molecule has 0 bridgehead atoms. The molecule has 1 N–H and O–H groups in total. The van der Waals surface area contributed by atoms with E-state index >= 15 is 0 Å². The largest absolute Gasteiger partial charge is 0.320 e. The number of halogens is 1. The van der Waals surface area contributed by atoms with Crippen LogP contribution in [0, 0.1) is 10.1 Å². The van der Waals surface area contributed by atoms with E-state index in [1.807, 2.05) is 0 Å². The number of nitro groups is 1. The van der Waals surface area contributed by atoms with Gasteiger partial charge >= 0.3 is 0 Å². The van der Waals surface area contributed by atoms with Crippen LogP contribution in [0.2, 0.25) is 5.02 Å². The van der Waals surface area contributed by atoms with E-state index in [0.29, 0.717) is 5.82 Å². The van der Waals surface area contributed by atoms with Crippen molar-refractivity contribution in [2.24, 2.45) is 7.05 Å². The minimum atomic E-state index is -4.01. The van der Waals surface area contributed by atoms with E-state index in [0.717, 1.165) is 18.2 Å². The highest BCUT2D eigenvalue weighted by atomic mass is 35.5. The summed E-state index contributed by atoms with van der Waals surface area (Å²) in [5, 5.41) is 17.9. The van der Waals surface area contributed by atoms with Gasteiger partial charge in [0.25, 0.3) is 5.69 Å². The van der Waals surface area contributed by atoms with Gasteiger partial charge in [-0.05, 0) is 6.07 Å². The molecule has 21 heavy (non-hydrogen) atoms. The topological polar surface area (TPSA) is 120 Å². The maximum absolute atomic E-state index is 12.2. The van der Waals surface area contributed by atoms with E-state index in [9.17, 15) is 18.5 Å². The average Bonchev–Trinajstić information content (AvgIpc) is 2.82. The summed E-state index contributed by atoms with van der Waals surface area (Å²) in [6.45, 7) is -0.113. The van der Waals surface area contributed by atoms with Crippen molar-refractivity contribution in [3.63, 3.8) is 0 Å². The van der Waals surface area contributed by atoms with Crippen LogP contribution in [-0.2, 0) is 23.6 Å². The lowest BCUT2D eigenvalue weighted by atomic mass is 10.3. The second-order valence-corrected chi connectivity index (χ2v) is 6.20. The van der Waals surface area contributed by atoms with Gasteiger partial charge in [-0.3, -0.25) is 10.1 Å². The number of aryl methyl sites for hydroxylation is 1. The van der Waals surface area contributed by atoms with E-state index in [4.69, 9.17) is 11.6 Å². The Morgan fingerprint density at radius 1 is 1.48 bits per heavy atom. The molecular formula is C10H10ClN5O4S. The van der Waals surface area contributed by atoms with Crippen molar-refractivity contribution in [1.29, 1.82) is 0 Å². The first kappa shape index (κ1) is 15.4. The number of rotatable bonds is 5. The lowest BCUT2D eigenvalue weighted by Gasteiger charge is -2.07. The van der Waals surface area contributed by atoms with E-state index in [-0.39, 0.29) is 22.2 Å². The van der Waals surface area contributed by atoms with E-state index in [2.05, 4.69) is 14.9 Å². The van der Waals surface area contributed by atoms with Gasteiger partial charge in [0, 0.05) is 19.2 Å². The molecule has 0 spiro atoms. The fraction of sp³-hybridized carbons (Fsp3) is 0.200. The molecule has 1 aromatic heterocycles. The van der Waals surface area contributed by atoms with Crippen molar-refractivity contribution in [2.45, 2.75) is 11.4 Å². The van der Waals surface area contributed by atoms with Crippen molar-refractivity contribution < 1.29 is 13.3 Å². The highest BCUT2D eigenvalue weighted by molar-refractivity contribution is 7.89. The molecule has 0 amide bonds. The first-order valence-electron chi connectivity index (χ1n) is 5.58. The van der Waals surface area contributed by atoms with Crippen molar-refractivity contribution in [2.75, 3.05) is 0 Å². The monoisotopic (exact) mass is 331 g/mol. The molecule has 2 rings (SSSR count). The summed E-state index contributed by atoms with van der Waals surface area (Å²) in [6, 6.07) is 3.20. The molecule has 1 aromatic carbocycles. The molecule has 1 heterocycles. The number of aromatic nitrogens is 3. The molecular weight excluding hydrogens is 322 g/mol.